The second-order valence-electron chi connectivity index (χ2n) is 5.80. The van der Waals surface area contributed by atoms with Gasteiger partial charge in [0.05, 0.1) is 5.56 Å². The van der Waals surface area contributed by atoms with E-state index in [0.717, 1.165) is 31.4 Å². The smallest absolute Gasteiger partial charge is 0.254 e. The highest BCUT2D eigenvalue weighted by atomic mass is 19.1. The zero-order valence-electron chi connectivity index (χ0n) is 11.0. The molecular weight excluding hydrogens is 264 g/mol. The number of hydrogen-bond acceptors (Lipinski definition) is 2. The summed E-state index contributed by atoms with van der Waals surface area (Å²) < 4.78 is 26.4. The highest BCUT2D eigenvalue weighted by Gasteiger charge is 2.47. The fraction of sp³-hybridized carbons (Fsp3) is 0.533. The van der Waals surface area contributed by atoms with Crippen molar-refractivity contribution < 1.29 is 18.7 Å². The summed E-state index contributed by atoms with van der Waals surface area (Å²) in [6.45, 7) is 0.0397. The number of carbonyl (C=O) groups excluding carboxylic acids is 1. The summed E-state index contributed by atoms with van der Waals surface area (Å²) in [6.07, 6.45) is 3.15. The number of halogens is 2. The van der Waals surface area contributed by atoms with E-state index in [4.69, 9.17) is 0 Å². The molecule has 2 fully saturated rings. The normalized spacial score (nSPS) is 31.6. The molecule has 4 unspecified atom stereocenters. The fourth-order valence-electron chi connectivity index (χ4n) is 3.80. The first kappa shape index (κ1) is 13.5. The van der Waals surface area contributed by atoms with Crippen molar-refractivity contribution in [3.8, 4) is 0 Å². The lowest BCUT2D eigenvalue weighted by Crippen LogP contribution is -2.45. The van der Waals surface area contributed by atoms with Crippen molar-refractivity contribution in [2.75, 3.05) is 6.61 Å². The molecule has 2 bridgehead atoms. The molecule has 20 heavy (non-hydrogen) atoms. The van der Waals surface area contributed by atoms with Crippen LogP contribution in [0.1, 0.15) is 29.6 Å². The summed E-state index contributed by atoms with van der Waals surface area (Å²) in [6, 6.07) is 2.83. The molecule has 1 amide bonds. The van der Waals surface area contributed by atoms with Gasteiger partial charge in [0.1, 0.15) is 11.6 Å². The molecule has 1 aromatic carbocycles. The van der Waals surface area contributed by atoms with Crippen LogP contribution in [0.15, 0.2) is 18.2 Å². The van der Waals surface area contributed by atoms with Gasteiger partial charge in [-0.25, -0.2) is 8.78 Å². The van der Waals surface area contributed by atoms with Crippen molar-refractivity contribution in [3.05, 3.63) is 35.4 Å². The van der Waals surface area contributed by atoms with E-state index in [0.29, 0.717) is 17.9 Å². The average Bonchev–Trinajstić information content (AvgIpc) is 2.99. The van der Waals surface area contributed by atoms with Crippen molar-refractivity contribution in [1.82, 2.24) is 5.32 Å². The van der Waals surface area contributed by atoms with Gasteiger partial charge < -0.3 is 10.4 Å². The number of aliphatic hydroxyl groups excluding tert-OH is 1. The van der Waals surface area contributed by atoms with Crippen LogP contribution in [0, 0.1) is 29.4 Å². The molecule has 4 atom stereocenters. The lowest BCUT2D eigenvalue weighted by Gasteiger charge is -2.30. The minimum Gasteiger partial charge on any atom is -0.396 e. The molecule has 1 aromatic rings. The molecule has 0 aliphatic heterocycles. The van der Waals surface area contributed by atoms with Crippen LogP contribution in [0.2, 0.25) is 0 Å². The molecule has 0 saturated heterocycles. The number of amides is 1. The Balaban J connectivity index is 1.75. The molecule has 0 radical (unpaired) electrons. The van der Waals surface area contributed by atoms with Gasteiger partial charge in [-0.2, -0.15) is 0 Å². The van der Waals surface area contributed by atoms with E-state index >= 15 is 0 Å². The molecule has 0 spiro atoms. The Morgan fingerprint density at radius 3 is 2.75 bits per heavy atom. The second-order valence-corrected chi connectivity index (χ2v) is 5.80. The Labute approximate surface area is 116 Å². The van der Waals surface area contributed by atoms with Crippen LogP contribution in [0.3, 0.4) is 0 Å². The van der Waals surface area contributed by atoms with E-state index in [1.165, 1.54) is 0 Å². The highest BCUT2D eigenvalue weighted by molar-refractivity contribution is 5.94. The fourth-order valence-corrected chi connectivity index (χ4v) is 3.80. The van der Waals surface area contributed by atoms with Gasteiger partial charge in [0.15, 0.2) is 0 Å². The van der Waals surface area contributed by atoms with Crippen LogP contribution in [-0.2, 0) is 0 Å². The lowest BCUT2D eigenvalue weighted by atomic mass is 9.85. The van der Waals surface area contributed by atoms with Crippen LogP contribution < -0.4 is 5.32 Å². The van der Waals surface area contributed by atoms with Crippen LogP contribution in [0.25, 0.3) is 0 Å². The molecule has 0 heterocycles. The van der Waals surface area contributed by atoms with Crippen LogP contribution in [0.4, 0.5) is 8.78 Å². The Hall–Kier alpha value is -1.49. The van der Waals surface area contributed by atoms with Crippen LogP contribution in [0.5, 0.6) is 0 Å². The number of aliphatic hydroxyl groups is 1. The van der Waals surface area contributed by atoms with E-state index in [2.05, 4.69) is 5.32 Å². The van der Waals surface area contributed by atoms with Crippen molar-refractivity contribution in [2.24, 2.45) is 17.8 Å². The summed E-state index contributed by atoms with van der Waals surface area (Å²) >= 11 is 0. The van der Waals surface area contributed by atoms with Gasteiger partial charge in [-0.05, 0) is 43.2 Å². The number of fused-ring (bicyclic) bond motifs is 2. The summed E-state index contributed by atoms with van der Waals surface area (Å²) in [5.74, 6) is -1.21. The summed E-state index contributed by atoms with van der Waals surface area (Å²) in [5.41, 5.74) is -0.147. The van der Waals surface area contributed by atoms with E-state index < -0.39 is 17.5 Å². The molecule has 2 saturated carbocycles. The predicted molar refractivity (Wildman–Crippen MR) is 69.0 cm³/mol. The van der Waals surface area contributed by atoms with E-state index in [1.807, 2.05) is 0 Å². The maximum Gasteiger partial charge on any atom is 0.254 e. The molecule has 2 aliphatic carbocycles. The monoisotopic (exact) mass is 281 g/mol. The highest BCUT2D eigenvalue weighted by Crippen LogP contribution is 2.48. The quantitative estimate of drug-likeness (QED) is 0.891. The maximum absolute atomic E-state index is 13.6. The predicted octanol–water partition coefficient (Wildman–Crippen LogP) is 2.10. The van der Waals surface area contributed by atoms with Gasteiger partial charge in [-0.1, -0.05) is 0 Å². The molecule has 3 rings (SSSR count). The van der Waals surface area contributed by atoms with Gasteiger partial charge >= 0.3 is 0 Å². The van der Waals surface area contributed by atoms with Gasteiger partial charge in [0.2, 0.25) is 0 Å². The minimum atomic E-state index is -0.855. The molecular formula is C15H17F2NO2. The molecule has 5 heteroatoms. The molecule has 2 N–H and O–H groups in total. The van der Waals surface area contributed by atoms with E-state index in [1.54, 1.807) is 0 Å². The van der Waals surface area contributed by atoms with E-state index in [-0.39, 0.29) is 24.1 Å². The SMILES string of the molecule is O=C(NC1C2CCC(C2)C1CO)c1ccc(F)cc1F. The largest absolute Gasteiger partial charge is 0.396 e. The Morgan fingerprint density at radius 1 is 1.30 bits per heavy atom. The Morgan fingerprint density at radius 2 is 2.05 bits per heavy atom. The first-order valence-electron chi connectivity index (χ1n) is 6.97. The number of hydrogen-bond donors (Lipinski definition) is 2. The van der Waals surface area contributed by atoms with Gasteiger partial charge in [0, 0.05) is 24.6 Å². The summed E-state index contributed by atoms with van der Waals surface area (Å²) in [4.78, 5) is 12.1. The first-order valence-corrected chi connectivity index (χ1v) is 6.97. The van der Waals surface area contributed by atoms with Crippen molar-refractivity contribution in [2.45, 2.75) is 25.3 Å². The molecule has 108 valence electrons. The number of rotatable bonds is 3. The number of nitrogens with one attached hydrogen (secondary N) is 1. The Kier molecular flexibility index (Phi) is 3.46. The number of benzene rings is 1. The van der Waals surface area contributed by atoms with Crippen LogP contribution in [-0.4, -0.2) is 23.7 Å². The maximum atomic E-state index is 13.6. The van der Waals surface area contributed by atoms with Crippen LogP contribution >= 0.6 is 0 Å². The average molecular weight is 281 g/mol. The van der Waals surface area contributed by atoms with Crippen molar-refractivity contribution >= 4 is 5.91 Å². The van der Waals surface area contributed by atoms with Crippen molar-refractivity contribution in [1.29, 1.82) is 0 Å². The third kappa shape index (κ3) is 2.20. The third-order valence-electron chi connectivity index (χ3n) is 4.77. The summed E-state index contributed by atoms with van der Waals surface area (Å²) in [5, 5.41) is 12.3. The van der Waals surface area contributed by atoms with E-state index in [9.17, 15) is 18.7 Å². The molecule has 0 aromatic heterocycles. The zero-order chi connectivity index (χ0) is 14.3. The van der Waals surface area contributed by atoms with Crippen molar-refractivity contribution in [3.63, 3.8) is 0 Å². The topological polar surface area (TPSA) is 49.3 Å². The number of carbonyl (C=O) groups is 1. The lowest BCUT2D eigenvalue weighted by molar-refractivity contribution is 0.0857. The summed E-state index contributed by atoms with van der Waals surface area (Å²) in [7, 11) is 0. The van der Waals surface area contributed by atoms with Gasteiger partial charge in [-0.3, -0.25) is 4.79 Å². The zero-order valence-corrected chi connectivity index (χ0v) is 11.0. The van der Waals surface area contributed by atoms with Gasteiger partial charge in [0.25, 0.3) is 5.91 Å². The second kappa shape index (κ2) is 5.13. The minimum absolute atomic E-state index is 0.0397. The third-order valence-corrected chi connectivity index (χ3v) is 4.77. The Bertz CT molecular complexity index is 535. The molecule has 2 aliphatic rings. The van der Waals surface area contributed by atoms with Gasteiger partial charge in [-0.15, -0.1) is 0 Å². The first-order chi connectivity index (χ1) is 9.60. The standard InChI is InChI=1S/C15H17F2NO2/c16-10-3-4-11(13(17)6-10)15(20)18-14-9-2-1-8(5-9)12(14)7-19/h3-4,6,8-9,12,14,19H,1-2,5,7H2,(H,18,20). The molecule has 3 nitrogen and oxygen atoms in total.